The predicted molar refractivity (Wildman–Crippen MR) is 143 cm³/mol. The molecule has 4 aromatic rings. The van der Waals surface area contributed by atoms with Crippen LogP contribution in [0.4, 0.5) is 11.4 Å². The van der Waals surface area contributed by atoms with Crippen molar-refractivity contribution < 1.29 is 9.47 Å². The average molecular weight is 491 g/mol. The van der Waals surface area contributed by atoms with E-state index in [1.165, 1.54) is 0 Å². The number of pyridine rings is 1. The lowest BCUT2D eigenvalue weighted by Crippen LogP contribution is -2.33. The van der Waals surface area contributed by atoms with Gasteiger partial charge in [0.25, 0.3) is 5.56 Å². The Morgan fingerprint density at radius 3 is 2.44 bits per heavy atom. The van der Waals surface area contributed by atoms with Gasteiger partial charge in [0.15, 0.2) is 0 Å². The number of methoxy groups -OCH3 is 2. The maximum Gasteiger partial charge on any atom is 0.265 e. The first-order chi connectivity index (χ1) is 17.4. The summed E-state index contributed by atoms with van der Waals surface area (Å²) in [5.74, 6) is 1.38. The summed E-state index contributed by atoms with van der Waals surface area (Å²) in [6.45, 7) is 8.55. The summed E-state index contributed by atoms with van der Waals surface area (Å²) >= 11 is 0. The fourth-order valence-electron chi connectivity index (χ4n) is 4.10. The molecule has 0 atom stereocenters. The first-order valence-electron chi connectivity index (χ1n) is 12.2. The zero-order chi connectivity index (χ0) is 25.7. The molecular formula is C27H34N6O3. The Morgan fingerprint density at radius 1 is 1.03 bits per heavy atom. The number of aromatic nitrogens is 4. The van der Waals surface area contributed by atoms with Crippen LogP contribution in [-0.2, 0) is 6.54 Å². The quantitative estimate of drug-likeness (QED) is 0.338. The maximum absolute atomic E-state index is 13.5. The number of nitrogens with zero attached hydrogens (tertiary/aromatic N) is 5. The monoisotopic (exact) mass is 490 g/mol. The Hall–Kier alpha value is -3.85. The molecule has 0 spiro atoms. The Labute approximate surface area is 211 Å². The molecule has 0 unspecified atom stereocenters. The second kappa shape index (κ2) is 11.3. The van der Waals surface area contributed by atoms with Gasteiger partial charge in [-0.15, -0.1) is 0 Å². The smallest absolute Gasteiger partial charge is 0.265 e. The summed E-state index contributed by atoms with van der Waals surface area (Å²) < 4.78 is 14.5. The van der Waals surface area contributed by atoms with E-state index in [0.29, 0.717) is 35.3 Å². The lowest BCUT2D eigenvalue weighted by molar-refractivity contribution is 0.394. The molecule has 9 heteroatoms. The molecule has 0 fully saturated rings. The van der Waals surface area contributed by atoms with Crippen molar-refractivity contribution in [3.63, 3.8) is 0 Å². The number of hydrogen-bond acceptors (Lipinski definition) is 7. The van der Waals surface area contributed by atoms with E-state index in [1.54, 1.807) is 31.0 Å². The highest BCUT2D eigenvalue weighted by Gasteiger charge is 2.16. The van der Waals surface area contributed by atoms with Crippen molar-refractivity contribution in [3.05, 3.63) is 65.5 Å². The van der Waals surface area contributed by atoms with E-state index in [-0.39, 0.29) is 5.56 Å². The van der Waals surface area contributed by atoms with Crippen LogP contribution in [0.25, 0.3) is 16.8 Å². The highest BCUT2D eigenvalue weighted by Crippen LogP contribution is 2.32. The van der Waals surface area contributed by atoms with E-state index in [4.69, 9.17) is 9.47 Å². The second-order valence-corrected chi connectivity index (χ2v) is 8.92. The number of nitrogens with one attached hydrogen (secondary N) is 1. The van der Waals surface area contributed by atoms with E-state index in [1.807, 2.05) is 47.4 Å². The molecule has 0 aliphatic heterocycles. The van der Waals surface area contributed by atoms with Gasteiger partial charge in [0.2, 0.25) is 0 Å². The standard InChI is InChI=1S/C27H34N6O3/c1-6-10-31-17-20(15-30-31)25-16-29-26-8-7-21(18-33(26)27(25)34)32(11-9-28-19(2)3)22-12-23(35-4)14-24(13-22)36-5/h7-8,12-19,28H,6,9-11H2,1-5H3. The van der Waals surface area contributed by atoms with Gasteiger partial charge in [0.1, 0.15) is 17.1 Å². The SMILES string of the molecule is CCCn1cc(-c2cnc3ccc(N(CCNC(C)C)c4cc(OC)cc(OC)c4)cn3c2=O)cn1. The first-order valence-corrected chi connectivity index (χ1v) is 12.2. The van der Waals surface area contributed by atoms with Gasteiger partial charge < -0.3 is 19.7 Å². The number of benzene rings is 1. The van der Waals surface area contributed by atoms with Gasteiger partial charge in [-0.3, -0.25) is 13.9 Å². The molecule has 3 heterocycles. The molecular weight excluding hydrogens is 456 g/mol. The Balaban J connectivity index is 1.79. The molecule has 4 rings (SSSR count). The highest BCUT2D eigenvalue weighted by atomic mass is 16.5. The summed E-state index contributed by atoms with van der Waals surface area (Å²) in [6.07, 6.45) is 8.05. The van der Waals surface area contributed by atoms with Gasteiger partial charge >= 0.3 is 0 Å². The number of rotatable bonds is 11. The summed E-state index contributed by atoms with van der Waals surface area (Å²) in [7, 11) is 3.27. The fraction of sp³-hybridized carbons (Fsp3) is 0.370. The fourth-order valence-corrected chi connectivity index (χ4v) is 4.10. The number of anilines is 2. The number of aryl methyl sites for hydroxylation is 1. The zero-order valence-corrected chi connectivity index (χ0v) is 21.6. The third kappa shape index (κ3) is 5.52. The molecule has 0 amide bonds. The number of fused-ring (bicyclic) bond motifs is 1. The van der Waals surface area contributed by atoms with Crippen molar-refractivity contribution in [2.75, 3.05) is 32.2 Å². The van der Waals surface area contributed by atoms with E-state index >= 15 is 0 Å². The molecule has 0 aliphatic rings. The van der Waals surface area contributed by atoms with E-state index in [0.717, 1.165) is 36.4 Å². The molecule has 0 bridgehead atoms. The minimum atomic E-state index is -0.138. The predicted octanol–water partition coefficient (Wildman–Crippen LogP) is 4.12. The molecule has 190 valence electrons. The Morgan fingerprint density at radius 2 is 1.78 bits per heavy atom. The maximum atomic E-state index is 13.5. The van der Waals surface area contributed by atoms with Crippen molar-refractivity contribution in [2.24, 2.45) is 0 Å². The van der Waals surface area contributed by atoms with E-state index in [2.05, 4.69) is 41.1 Å². The van der Waals surface area contributed by atoms with Gasteiger partial charge in [0.05, 0.1) is 31.7 Å². The molecule has 0 saturated carbocycles. The highest BCUT2D eigenvalue weighted by molar-refractivity contribution is 5.68. The summed E-state index contributed by atoms with van der Waals surface area (Å²) in [4.78, 5) is 20.2. The molecule has 0 aliphatic carbocycles. The van der Waals surface area contributed by atoms with Crippen molar-refractivity contribution in [1.29, 1.82) is 0 Å². The van der Waals surface area contributed by atoms with Crippen LogP contribution in [0.3, 0.4) is 0 Å². The molecule has 9 nitrogen and oxygen atoms in total. The van der Waals surface area contributed by atoms with Crippen molar-refractivity contribution in [2.45, 2.75) is 39.8 Å². The van der Waals surface area contributed by atoms with E-state index in [9.17, 15) is 4.79 Å². The van der Waals surface area contributed by atoms with Crippen LogP contribution >= 0.6 is 0 Å². The van der Waals surface area contributed by atoms with Crippen molar-refractivity contribution in [1.82, 2.24) is 24.5 Å². The summed E-state index contributed by atoms with van der Waals surface area (Å²) in [5.41, 5.74) is 3.47. The zero-order valence-electron chi connectivity index (χ0n) is 21.6. The van der Waals surface area contributed by atoms with Gasteiger partial charge in [-0.2, -0.15) is 5.10 Å². The topological polar surface area (TPSA) is 85.9 Å². The minimum absolute atomic E-state index is 0.138. The molecule has 1 aromatic carbocycles. The largest absolute Gasteiger partial charge is 0.497 e. The third-order valence-electron chi connectivity index (χ3n) is 5.93. The Kier molecular flexibility index (Phi) is 7.90. The first kappa shape index (κ1) is 25.2. The van der Waals surface area contributed by atoms with E-state index < -0.39 is 0 Å². The van der Waals surface area contributed by atoms with Crippen molar-refractivity contribution >= 4 is 17.0 Å². The lowest BCUT2D eigenvalue weighted by atomic mass is 10.2. The Bertz CT molecular complexity index is 1360. The van der Waals surface area contributed by atoms with Gasteiger partial charge in [-0.05, 0) is 18.6 Å². The second-order valence-electron chi connectivity index (χ2n) is 8.92. The molecule has 0 saturated heterocycles. The van der Waals surface area contributed by atoms with Gasteiger partial charge in [0, 0.05) is 73.7 Å². The summed E-state index contributed by atoms with van der Waals surface area (Å²) in [5, 5.41) is 7.84. The lowest BCUT2D eigenvalue weighted by Gasteiger charge is -2.27. The van der Waals surface area contributed by atoms with Crippen LogP contribution in [0.15, 0.2) is 59.9 Å². The van der Waals surface area contributed by atoms with Crippen LogP contribution in [0.1, 0.15) is 27.2 Å². The van der Waals surface area contributed by atoms with Crippen LogP contribution in [0, 0.1) is 0 Å². The van der Waals surface area contributed by atoms with Crippen LogP contribution in [0.5, 0.6) is 11.5 Å². The minimum Gasteiger partial charge on any atom is -0.497 e. The third-order valence-corrected chi connectivity index (χ3v) is 5.93. The van der Waals surface area contributed by atoms with Crippen LogP contribution < -0.4 is 25.2 Å². The average Bonchev–Trinajstić information content (AvgIpc) is 3.34. The van der Waals surface area contributed by atoms with Crippen LogP contribution in [-0.4, -0.2) is 52.5 Å². The molecule has 3 aromatic heterocycles. The normalized spacial score (nSPS) is 11.3. The van der Waals surface area contributed by atoms with Gasteiger partial charge in [-0.25, -0.2) is 4.98 Å². The number of ether oxygens (including phenoxy) is 2. The summed E-state index contributed by atoms with van der Waals surface area (Å²) in [6, 6.07) is 9.95. The van der Waals surface area contributed by atoms with Crippen molar-refractivity contribution in [3.8, 4) is 22.6 Å². The molecule has 1 N–H and O–H groups in total. The molecule has 36 heavy (non-hydrogen) atoms. The van der Waals surface area contributed by atoms with Gasteiger partial charge in [-0.1, -0.05) is 20.8 Å². The van der Waals surface area contributed by atoms with Crippen LogP contribution in [0.2, 0.25) is 0 Å². The number of hydrogen-bond donors (Lipinski definition) is 1. The molecule has 0 radical (unpaired) electrons.